The Labute approximate surface area is 161 Å². The minimum absolute atomic E-state index is 0.0458. The lowest BCUT2D eigenvalue weighted by atomic mass is 10.0. The van der Waals surface area contributed by atoms with Gasteiger partial charge in [0.15, 0.2) is 5.82 Å². The van der Waals surface area contributed by atoms with E-state index in [9.17, 15) is 9.59 Å². The first kappa shape index (κ1) is 18.4. The van der Waals surface area contributed by atoms with E-state index < -0.39 is 0 Å². The van der Waals surface area contributed by atoms with Gasteiger partial charge in [0.2, 0.25) is 11.8 Å². The van der Waals surface area contributed by atoms with E-state index in [1.807, 2.05) is 11.8 Å². The fourth-order valence-electron chi connectivity index (χ4n) is 4.94. The zero-order valence-corrected chi connectivity index (χ0v) is 16.5. The topological polar surface area (TPSA) is 66.4 Å². The molecule has 3 heterocycles. The fourth-order valence-corrected chi connectivity index (χ4v) is 4.94. The summed E-state index contributed by atoms with van der Waals surface area (Å²) < 4.78 is 0. The molecule has 1 saturated heterocycles. The summed E-state index contributed by atoms with van der Waals surface area (Å²) >= 11 is 0. The van der Waals surface area contributed by atoms with Crippen LogP contribution in [0.4, 0.5) is 5.82 Å². The Morgan fingerprint density at radius 3 is 2.67 bits per heavy atom. The fraction of sp³-hybridized carbons (Fsp3) is 0.714. The molecule has 0 aromatic carbocycles. The van der Waals surface area contributed by atoms with Gasteiger partial charge >= 0.3 is 0 Å². The Morgan fingerprint density at radius 2 is 1.89 bits per heavy atom. The molecule has 1 saturated carbocycles. The highest BCUT2D eigenvalue weighted by atomic mass is 16.2. The Kier molecular flexibility index (Phi) is 5.15. The van der Waals surface area contributed by atoms with Crippen LogP contribution < -0.4 is 4.90 Å². The predicted molar refractivity (Wildman–Crippen MR) is 103 cm³/mol. The van der Waals surface area contributed by atoms with E-state index >= 15 is 0 Å². The van der Waals surface area contributed by atoms with Crippen LogP contribution >= 0.6 is 0 Å². The highest BCUT2D eigenvalue weighted by Gasteiger charge is 2.34. The number of carbonyl (C=O) groups is 2. The number of aryl methyl sites for hydroxylation is 1. The molecule has 0 spiro atoms. The van der Waals surface area contributed by atoms with E-state index in [-0.39, 0.29) is 17.9 Å². The smallest absolute Gasteiger partial charge is 0.228 e. The zero-order chi connectivity index (χ0) is 19.0. The summed E-state index contributed by atoms with van der Waals surface area (Å²) in [5.74, 6) is 2.52. The monoisotopic (exact) mass is 370 g/mol. The number of amides is 2. The molecule has 1 atom stereocenters. The average molecular weight is 370 g/mol. The van der Waals surface area contributed by atoms with Crippen molar-refractivity contribution in [3.63, 3.8) is 0 Å². The van der Waals surface area contributed by atoms with Gasteiger partial charge in [0, 0.05) is 37.7 Å². The van der Waals surface area contributed by atoms with Crippen molar-refractivity contribution < 1.29 is 9.59 Å². The molecule has 3 aliphatic rings. The highest BCUT2D eigenvalue weighted by molar-refractivity contribution is 5.94. The van der Waals surface area contributed by atoms with Crippen LogP contribution in [0, 0.1) is 12.8 Å². The van der Waals surface area contributed by atoms with E-state index in [0.717, 1.165) is 48.8 Å². The van der Waals surface area contributed by atoms with Crippen molar-refractivity contribution in [1.29, 1.82) is 0 Å². The molecule has 2 aliphatic heterocycles. The summed E-state index contributed by atoms with van der Waals surface area (Å²) in [5, 5.41) is 0. The molecule has 0 N–H and O–H groups in total. The molecule has 2 fully saturated rings. The van der Waals surface area contributed by atoms with Crippen LogP contribution in [0.3, 0.4) is 0 Å². The van der Waals surface area contributed by atoms with Crippen LogP contribution in [0.5, 0.6) is 0 Å². The van der Waals surface area contributed by atoms with Crippen molar-refractivity contribution in [1.82, 2.24) is 14.9 Å². The summed E-state index contributed by atoms with van der Waals surface area (Å²) in [4.78, 5) is 38.1. The molecule has 2 amide bonds. The summed E-state index contributed by atoms with van der Waals surface area (Å²) in [5.41, 5.74) is 2.01. The highest BCUT2D eigenvalue weighted by Crippen LogP contribution is 2.35. The van der Waals surface area contributed by atoms with E-state index in [2.05, 4.69) is 0 Å². The van der Waals surface area contributed by atoms with Crippen molar-refractivity contribution in [2.24, 2.45) is 5.92 Å². The minimum Gasteiger partial charge on any atom is -0.332 e. The SMILES string of the molecule is Cc1nc(C2CCCN2C(=O)CCC2CCCC2)nc2c1CCC(=O)N2C. The maximum absolute atomic E-state index is 12.9. The second-order valence-electron chi connectivity index (χ2n) is 8.36. The number of anilines is 1. The number of fused-ring (bicyclic) bond motifs is 1. The maximum Gasteiger partial charge on any atom is 0.228 e. The molecule has 146 valence electrons. The van der Waals surface area contributed by atoms with Gasteiger partial charge in [-0.3, -0.25) is 14.5 Å². The summed E-state index contributed by atoms with van der Waals surface area (Å²) in [6.07, 6.45) is 9.99. The van der Waals surface area contributed by atoms with Gasteiger partial charge in [-0.05, 0) is 38.5 Å². The lowest BCUT2D eigenvalue weighted by molar-refractivity contribution is -0.132. The van der Waals surface area contributed by atoms with Crippen LogP contribution in [-0.4, -0.2) is 40.3 Å². The molecule has 6 nitrogen and oxygen atoms in total. The molecule has 6 heteroatoms. The van der Waals surface area contributed by atoms with Crippen molar-refractivity contribution >= 4 is 17.6 Å². The number of carbonyl (C=O) groups excluding carboxylic acids is 2. The second-order valence-corrected chi connectivity index (χ2v) is 8.36. The van der Waals surface area contributed by atoms with Crippen molar-refractivity contribution in [2.75, 3.05) is 18.5 Å². The third kappa shape index (κ3) is 3.58. The van der Waals surface area contributed by atoms with Crippen LogP contribution in [0.1, 0.15) is 80.9 Å². The Morgan fingerprint density at radius 1 is 1.11 bits per heavy atom. The van der Waals surface area contributed by atoms with Gasteiger partial charge in [-0.1, -0.05) is 25.7 Å². The molecule has 1 unspecified atom stereocenters. The van der Waals surface area contributed by atoms with E-state index in [4.69, 9.17) is 9.97 Å². The third-order valence-corrected chi connectivity index (χ3v) is 6.60. The quantitative estimate of drug-likeness (QED) is 0.815. The summed E-state index contributed by atoms with van der Waals surface area (Å²) in [6.45, 7) is 2.79. The number of nitrogens with zero attached hydrogens (tertiary/aromatic N) is 4. The first-order chi connectivity index (χ1) is 13.0. The summed E-state index contributed by atoms with van der Waals surface area (Å²) in [6, 6.07) is -0.0458. The van der Waals surface area contributed by atoms with Gasteiger partial charge in [-0.25, -0.2) is 9.97 Å². The maximum atomic E-state index is 12.9. The first-order valence-corrected chi connectivity index (χ1v) is 10.5. The molecule has 0 bridgehead atoms. The normalized spacial score (nSPS) is 23.2. The van der Waals surface area contributed by atoms with Crippen molar-refractivity contribution in [3.05, 3.63) is 17.1 Å². The van der Waals surface area contributed by atoms with Crippen LogP contribution in [-0.2, 0) is 16.0 Å². The third-order valence-electron chi connectivity index (χ3n) is 6.60. The van der Waals surface area contributed by atoms with E-state index in [0.29, 0.717) is 25.1 Å². The lowest BCUT2D eigenvalue weighted by Crippen LogP contribution is -2.35. The molecule has 1 aliphatic carbocycles. The minimum atomic E-state index is -0.0458. The van der Waals surface area contributed by atoms with Gasteiger partial charge in [0.25, 0.3) is 0 Å². The molecule has 4 rings (SSSR count). The zero-order valence-electron chi connectivity index (χ0n) is 16.5. The number of rotatable bonds is 4. The number of aromatic nitrogens is 2. The molecule has 1 aromatic heterocycles. The largest absolute Gasteiger partial charge is 0.332 e. The van der Waals surface area contributed by atoms with Gasteiger partial charge in [0.1, 0.15) is 5.82 Å². The average Bonchev–Trinajstić information content (AvgIpc) is 3.34. The van der Waals surface area contributed by atoms with Crippen molar-refractivity contribution in [3.8, 4) is 0 Å². The molecule has 27 heavy (non-hydrogen) atoms. The Balaban J connectivity index is 1.52. The van der Waals surface area contributed by atoms with Gasteiger partial charge < -0.3 is 4.90 Å². The van der Waals surface area contributed by atoms with Gasteiger partial charge in [-0.15, -0.1) is 0 Å². The molecular weight excluding hydrogens is 340 g/mol. The Bertz CT molecular complexity index is 742. The molecule has 1 aromatic rings. The number of likely N-dealkylation sites (tertiary alicyclic amines) is 1. The Hall–Kier alpha value is -1.98. The van der Waals surface area contributed by atoms with Gasteiger partial charge in [-0.2, -0.15) is 0 Å². The second kappa shape index (κ2) is 7.56. The lowest BCUT2D eigenvalue weighted by Gasteiger charge is -2.29. The molecule has 0 radical (unpaired) electrons. The van der Waals surface area contributed by atoms with E-state index in [1.165, 1.54) is 25.7 Å². The molecular formula is C21H30N4O2. The van der Waals surface area contributed by atoms with Gasteiger partial charge in [0.05, 0.1) is 6.04 Å². The standard InChI is InChI=1S/C21H30N4O2/c1-14-16-10-12-18(26)24(2)21(16)23-20(22-14)17-8-5-13-25(17)19(27)11-9-15-6-3-4-7-15/h15,17H,3-13H2,1-2H3. The van der Waals surface area contributed by atoms with Crippen LogP contribution in [0.15, 0.2) is 0 Å². The van der Waals surface area contributed by atoms with Crippen LogP contribution in [0.25, 0.3) is 0 Å². The number of hydrogen-bond donors (Lipinski definition) is 0. The van der Waals surface area contributed by atoms with Crippen molar-refractivity contribution in [2.45, 2.75) is 77.2 Å². The number of hydrogen-bond acceptors (Lipinski definition) is 4. The summed E-state index contributed by atoms with van der Waals surface area (Å²) in [7, 11) is 1.79. The van der Waals surface area contributed by atoms with Crippen LogP contribution in [0.2, 0.25) is 0 Å². The van der Waals surface area contributed by atoms with E-state index in [1.54, 1.807) is 11.9 Å². The predicted octanol–water partition coefficient (Wildman–Crippen LogP) is 3.33. The first-order valence-electron chi connectivity index (χ1n) is 10.5.